The lowest BCUT2D eigenvalue weighted by atomic mass is 10.4. The number of hydrogen-bond donors (Lipinski definition) is 0. The van der Waals surface area contributed by atoms with E-state index < -0.39 is 93.7 Å². The standard InChI is InChI=1S/C24H68O9Si11/c1-23(2)24(25)26-21-20-22-44(41(16,17)27-34-3,42(18,32-39(10,11)12)30-35-28-37(4,5)6)43(19,33-40(13,14)15)31-36-29-38(7,8)9/h1,20-22,34-36H2,2-19H3. The first-order valence-electron chi connectivity index (χ1n) is 15.9. The number of carbonyl (C=O) groups is 1. The summed E-state index contributed by atoms with van der Waals surface area (Å²) in [5.74, 6) is -0.359. The maximum Gasteiger partial charge on any atom is 0.333 e. The van der Waals surface area contributed by atoms with Gasteiger partial charge in [0.2, 0.25) is 0 Å². The number of carbonyl (C=O) groups excluding carboxylic acids is 1. The molecule has 0 fully saturated rings. The molecule has 2 unspecified atom stereocenters. The summed E-state index contributed by atoms with van der Waals surface area (Å²) in [4.78, 5) is 12.4. The molecule has 44 heavy (non-hydrogen) atoms. The Balaban J connectivity index is 7.72. The highest BCUT2D eigenvalue weighted by Gasteiger charge is 2.77. The molecule has 0 saturated heterocycles. The van der Waals surface area contributed by atoms with Crippen molar-refractivity contribution in [3.63, 3.8) is 0 Å². The van der Waals surface area contributed by atoms with Gasteiger partial charge in [-0.3, -0.25) is 0 Å². The highest BCUT2D eigenvalue weighted by atomic mass is 29.9. The van der Waals surface area contributed by atoms with Crippen LogP contribution in [0.5, 0.6) is 0 Å². The molecule has 2 atom stereocenters. The van der Waals surface area contributed by atoms with Gasteiger partial charge in [0.15, 0.2) is 47.7 Å². The van der Waals surface area contributed by atoms with Crippen LogP contribution in [0.25, 0.3) is 0 Å². The zero-order valence-corrected chi connectivity index (χ0v) is 43.9. The number of ether oxygens (including phenoxy) is 1. The van der Waals surface area contributed by atoms with Crippen molar-refractivity contribution in [3.8, 4) is 0 Å². The minimum Gasteiger partial charge on any atom is -0.463 e. The average molecular weight is 810 g/mol. The van der Waals surface area contributed by atoms with Crippen molar-refractivity contribution >= 4 is 99.6 Å². The summed E-state index contributed by atoms with van der Waals surface area (Å²) in [5.41, 5.74) is 0.404. The van der Waals surface area contributed by atoms with Gasteiger partial charge in [0.25, 0.3) is 36.2 Å². The quantitative estimate of drug-likeness (QED) is 0.0641. The Morgan fingerprint density at radius 1 is 0.614 bits per heavy atom. The topological polar surface area (TPSA) is 90.9 Å². The van der Waals surface area contributed by atoms with Crippen LogP contribution < -0.4 is 0 Å². The molecule has 0 aliphatic carbocycles. The van der Waals surface area contributed by atoms with Gasteiger partial charge in [-0.1, -0.05) is 13.1 Å². The monoisotopic (exact) mass is 808 g/mol. The second kappa shape index (κ2) is 17.3. The molecule has 0 aromatic heterocycles. The van der Waals surface area contributed by atoms with Crippen LogP contribution in [0.15, 0.2) is 12.2 Å². The van der Waals surface area contributed by atoms with Crippen molar-refractivity contribution in [2.75, 3.05) is 6.61 Å². The fourth-order valence-corrected chi connectivity index (χ4v) is 112. The molecule has 0 aliphatic heterocycles. The van der Waals surface area contributed by atoms with E-state index in [1.165, 1.54) is 0 Å². The third-order valence-corrected chi connectivity index (χ3v) is 89.2. The van der Waals surface area contributed by atoms with Crippen LogP contribution in [0.4, 0.5) is 0 Å². The molecule has 0 bridgehead atoms. The fourth-order valence-electron chi connectivity index (χ4n) is 5.66. The fraction of sp³-hybridized carbons (Fsp3) is 0.875. The summed E-state index contributed by atoms with van der Waals surface area (Å²) in [6, 6.07) is 0.799. The Hall–Kier alpha value is 1.32. The third-order valence-electron chi connectivity index (χ3n) is 7.02. The summed E-state index contributed by atoms with van der Waals surface area (Å²) in [6.07, 6.45) is 0.672. The SMILES string of the molecule is C=C(C)C(=O)OCCC[Si]([Si](C)(C)O[SiH2]C)([Si](C)(O[SiH2]O[Si](C)(C)C)O[Si](C)(C)C)[Si](C)(O[SiH2]O[Si](C)(C)C)O[Si](C)(C)C. The molecule has 0 saturated carbocycles. The maximum atomic E-state index is 12.4. The van der Waals surface area contributed by atoms with E-state index >= 15 is 0 Å². The smallest absolute Gasteiger partial charge is 0.333 e. The summed E-state index contributed by atoms with van der Waals surface area (Å²) in [5, 5.41) is 0. The molecule has 20 heteroatoms. The molecule has 0 aromatic carbocycles. The summed E-state index contributed by atoms with van der Waals surface area (Å²) < 4.78 is 55.3. The van der Waals surface area contributed by atoms with E-state index in [2.05, 4.69) is 118 Å². The Morgan fingerprint density at radius 2 is 1.00 bits per heavy atom. The lowest BCUT2D eigenvalue weighted by Gasteiger charge is -2.59. The van der Waals surface area contributed by atoms with Gasteiger partial charge < -0.3 is 33.5 Å². The van der Waals surface area contributed by atoms with E-state index in [9.17, 15) is 4.79 Å². The summed E-state index contributed by atoms with van der Waals surface area (Å²) >= 11 is 0. The van der Waals surface area contributed by atoms with Crippen LogP contribution in [0, 0.1) is 0 Å². The van der Waals surface area contributed by atoms with E-state index in [0.717, 1.165) is 6.04 Å². The first kappa shape index (κ1) is 45.3. The van der Waals surface area contributed by atoms with E-state index in [1.807, 2.05) is 0 Å². The Labute approximate surface area is 285 Å². The van der Waals surface area contributed by atoms with Crippen molar-refractivity contribution in [1.82, 2.24) is 0 Å². The highest BCUT2D eigenvalue weighted by Crippen LogP contribution is 2.45. The predicted octanol–water partition coefficient (Wildman–Crippen LogP) is 5.11. The van der Waals surface area contributed by atoms with Crippen molar-refractivity contribution < 1.29 is 38.3 Å². The molecule has 0 heterocycles. The molecule has 0 aromatic rings. The van der Waals surface area contributed by atoms with Crippen LogP contribution >= 0.6 is 0 Å². The lowest BCUT2D eigenvalue weighted by molar-refractivity contribution is -0.138. The largest absolute Gasteiger partial charge is 0.463 e. The van der Waals surface area contributed by atoms with Gasteiger partial charge >= 0.3 is 5.97 Å². The molecule has 0 spiro atoms. The molecule has 0 rings (SSSR count). The van der Waals surface area contributed by atoms with E-state index in [1.54, 1.807) is 6.92 Å². The normalized spacial score (nSPS) is 18.7. The van der Waals surface area contributed by atoms with Gasteiger partial charge in [0.05, 0.1) is 6.61 Å². The molecule has 262 valence electrons. The van der Waals surface area contributed by atoms with Gasteiger partial charge in [-0.15, -0.1) is 0 Å². The zero-order valence-electron chi connectivity index (χ0n) is 31.6. The minimum absolute atomic E-state index is 0.301. The van der Waals surface area contributed by atoms with Crippen molar-refractivity contribution in [2.24, 2.45) is 0 Å². The predicted molar refractivity (Wildman–Crippen MR) is 214 cm³/mol. The Bertz CT molecular complexity index is 885. The summed E-state index contributed by atoms with van der Waals surface area (Å²) in [6.45, 7) is 41.2. The first-order chi connectivity index (χ1) is 19.5. The van der Waals surface area contributed by atoms with E-state index in [0.29, 0.717) is 18.6 Å². The molecule has 0 N–H and O–H groups in total. The highest BCUT2D eigenvalue weighted by molar-refractivity contribution is 7.86. The molecule has 0 radical (unpaired) electrons. The molecular formula is C24H68O9Si11. The van der Waals surface area contributed by atoms with Crippen LogP contribution in [-0.2, 0) is 38.3 Å². The minimum atomic E-state index is -3.09. The van der Waals surface area contributed by atoms with Crippen LogP contribution in [-0.4, -0.2) is 106 Å². The lowest BCUT2D eigenvalue weighted by Crippen LogP contribution is -2.91. The zero-order chi connectivity index (χ0) is 35.1. The number of esters is 1. The maximum absolute atomic E-state index is 12.4. The molecular weight excluding hydrogens is 741 g/mol. The van der Waals surface area contributed by atoms with Crippen LogP contribution in [0.3, 0.4) is 0 Å². The van der Waals surface area contributed by atoms with Crippen molar-refractivity contribution in [1.29, 1.82) is 0 Å². The second-order valence-electron chi connectivity index (χ2n) is 16.2. The van der Waals surface area contributed by atoms with Gasteiger partial charge in [0.1, 0.15) is 9.76 Å². The number of hydrogen-bond acceptors (Lipinski definition) is 9. The Kier molecular flexibility index (Phi) is 17.8. The second-order valence-corrected chi connectivity index (χ2v) is 71.9. The molecule has 9 nitrogen and oxygen atoms in total. The first-order valence-corrected chi connectivity index (χ1v) is 46.6. The third kappa shape index (κ3) is 14.8. The van der Waals surface area contributed by atoms with Gasteiger partial charge in [-0.25, -0.2) is 4.79 Å². The Morgan fingerprint density at radius 3 is 1.30 bits per heavy atom. The number of rotatable bonds is 22. The van der Waals surface area contributed by atoms with Gasteiger partial charge in [-0.05, 0) is 124 Å². The van der Waals surface area contributed by atoms with E-state index in [-0.39, 0.29) is 5.97 Å². The van der Waals surface area contributed by atoms with Crippen molar-refractivity contribution in [2.45, 2.75) is 131 Å². The van der Waals surface area contributed by atoms with Gasteiger partial charge in [-0.2, -0.15) is 0 Å². The van der Waals surface area contributed by atoms with Gasteiger partial charge in [0, 0.05) is 5.57 Å². The van der Waals surface area contributed by atoms with Crippen LogP contribution in [0.1, 0.15) is 13.3 Å². The molecule has 0 aliphatic rings. The van der Waals surface area contributed by atoms with Crippen molar-refractivity contribution in [3.05, 3.63) is 12.2 Å². The average Bonchev–Trinajstić information content (AvgIpc) is 2.73. The molecule has 0 amide bonds. The van der Waals surface area contributed by atoms with Crippen LogP contribution in [0.2, 0.25) is 117 Å². The van der Waals surface area contributed by atoms with E-state index in [4.69, 9.17) is 33.5 Å². The summed E-state index contributed by atoms with van der Waals surface area (Å²) in [7, 11) is -20.2.